The summed E-state index contributed by atoms with van der Waals surface area (Å²) in [6.45, 7) is 4.54. The summed E-state index contributed by atoms with van der Waals surface area (Å²) in [4.78, 5) is 34.9. The Bertz CT molecular complexity index is 1110. The molecule has 1 aliphatic heterocycles. The number of aromatic nitrogens is 2. The van der Waals surface area contributed by atoms with Crippen LogP contribution in [0, 0.1) is 24.7 Å². The third kappa shape index (κ3) is 4.51. The Morgan fingerprint density at radius 3 is 2.31 bits per heavy atom. The Labute approximate surface area is 206 Å². The van der Waals surface area contributed by atoms with Crippen LogP contribution < -0.4 is 15.8 Å². The second-order valence-electron chi connectivity index (χ2n) is 11.4. The molecule has 0 unspecified atom stereocenters. The van der Waals surface area contributed by atoms with Crippen molar-refractivity contribution >= 4 is 17.5 Å². The van der Waals surface area contributed by atoms with E-state index in [0.717, 1.165) is 23.4 Å². The summed E-state index contributed by atoms with van der Waals surface area (Å²) >= 11 is 0. The van der Waals surface area contributed by atoms with E-state index in [2.05, 4.69) is 39.6 Å². The van der Waals surface area contributed by atoms with Gasteiger partial charge in [-0.05, 0) is 92.7 Å². The molecular weight excluding hydrogens is 440 g/mol. The van der Waals surface area contributed by atoms with Crippen molar-refractivity contribution in [1.29, 1.82) is 0 Å². The van der Waals surface area contributed by atoms with E-state index in [1.807, 2.05) is 11.8 Å². The topological polar surface area (TPSA) is 87.3 Å². The Kier molecular flexibility index (Phi) is 5.91. The number of anilines is 2. The van der Waals surface area contributed by atoms with Gasteiger partial charge < -0.3 is 15.0 Å². The van der Waals surface area contributed by atoms with Gasteiger partial charge in [-0.3, -0.25) is 14.6 Å². The number of amides is 1. The van der Waals surface area contributed by atoms with Crippen molar-refractivity contribution < 1.29 is 9.53 Å². The molecule has 1 saturated heterocycles. The maximum atomic E-state index is 12.7. The molecule has 186 valence electrons. The minimum atomic E-state index is -0.160. The van der Waals surface area contributed by atoms with Crippen molar-refractivity contribution in [3.63, 3.8) is 0 Å². The second kappa shape index (κ2) is 9.08. The molecule has 4 bridgehead atoms. The molecule has 4 aliphatic carbocycles. The molecule has 1 amide bonds. The van der Waals surface area contributed by atoms with Gasteiger partial charge >= 0.3 is 0 Å². The Balaban J connectivity index is 1.07. The lowest BCUT2D eigenvalue weighted by Crippen LogP contribution is -2.48. The Hall–Kier alpha value is -2.67. The monoisotopic (exact) mass is 476 g/mol. The van der Waals surface area contributed by atoms with Gasteiger partial charge in [0.15, 0.2) is 0 Å². The summed E-state index contributed by atoms with van der Waals surface area (Å²) in [5, 5.41) is 3.02. The fourth-order valence-electron chi connectivity index (χ4n) is 7.65. The quantitative estimate of drug-likeness (QED) is 0.659. The van der Waals surface area contributed by atoms with Crippen LogP contribution in [-0.4, -0.2) is 42.2 Å². The normalized spacial score (nSPS) is 29.4. The van der Waals surface area contributed by atoms with E-state index in [1.54, 1.807) is 0 Å². The third-order valence-corrected chi connectivity index (χ3v) is 8.94. The van der Waals surface area contributed by atoms with Gasteiger partial charge in [0.05, 0.1) is 13.2 Å². The number of morpholine rings is 1. The minimum absolute atomic E-state index is 0.0800. The van der Waals surface area contributed by atoms with Crippen molar-refractivity contribution in [2.75, 3.05) is 36.5 Å². The predicted molar refractivity (Wildman–Crippen MR) is 136 cm³/mol. The number of rotatable bonds is 6. The maximum Gasteiger partial charge on any atom is 0.255 e. The van der Waals surface area contributed by atoms with Crippen molar-refractivity contribution in [3.8, 4) is 0 Å². The van der Waals surface area contributed by atoms with Crippen molar-refractivity contribution in [3.05, 3.63) is 51.4 Å². The molecule has 7 nitrogen and oxygen atoms in total. The van der Waals surface area contributed by atoms with E-state index < -0.39 is 0 Å². The maximum absolute atomic E-state index is 12.7. The zero-order valence-corrected chi connectivity index (χ0v) is 20.6. The summed E-state index contributed by atoms with van der Waals surface area (Å²) < 4.78 is 5.37. The minimum Gasteiger partial charge on any atom is -0.378 e. The van der Waals surface area contributed by atoms with Gasteiger partial charge in [0.1, 0.15) is 0 Å². The van der Waals surface area contributed by atoms with Crippen molar-refractivity contribution in [2.45, 2.75) is 63.7 Å². The molecule has 0 atom stereocenters. The fraction of sp³-hybridized carbons (Fsp3) is 0.607. The van der Waals surface area contributed by atoms with Gasteiger partial charge in [-0.1, -0.05) is 12.1 Å². The molecule has 5 aliphatic rings. The first-order valence-electron chi connectivity index (χ1n) is 13.3. The molecule has 1 aromatic heterocycles. The van der Waals surface area contributed by atoms with Gasteiger partial charge in [-0.25, -0.2) is 4.98 Å². The van der Waals surface area contributed by atoms with E-state index in [0.29, 0.717) is 55.3 Å². The molecule has 2 aromatic rings. The number of carbonyl (C=O) groups is 1. The molecule has 1 aromatic carbocycles. The second-order valence-corrected chi connectivity index (χ2v) is 11.4. The van der Waals surface area contributed by atoms with Crippen LogP contribution in [0.1, 0.15) is 61.8 Å². The molecule has 35 heavy (non-hydrogen) atoms. The molecular formula is C28H36N4O3. The number of hydrogen-bond acceptors (Lipinski definition) is 5. The predicted octanol–water partition coefficient (Wildman–Crippen LogP) is 3.95. The number of carbonyl (C=O) groups excluding carboxylic acids is 1. The van der Waals surface area contributed by atoms with E-state index in [9.17, 15) is 9.59 Å². The van der Waals surface area contributed by atoms with E-state index in [-0.39, 0.29) is 17.9 Å². The average molecular weight is 477 g/mol. The highest BCUT2D eigenvalue weighted by molar-refractivity contribution is 5.90. The number of nitrogens with one attached hydrogen (secondary N) is 2. The lowest BCUT2D eigenvalue weighted by Gasteiger charge is -2.57. The first-order chi connectivity index (χ1) is 17.0. The molecule has 7 rings (SSSR count). The van der Waals surface area contributed by atoms with Gasteiger partial charge in [-0.15, -0.1) is 0 Å². The largest absolute Gasteiger partial charge is 0.378 e. The molecule has 0 radical (unpaired) electrons. The van der Waals surface area contributed by atoms with Crippen LogP contribution >= 0.6 is 0 Å². The summed E-state index contributed by atoms with van der Waals surface area (Å²) in [5.41, 5.74) is 3.76. The van der Waals surface area contributed by atoms with Crippen molar-refractivity contribution in [1.82, 2.24) is 9.97 Å². The highest BCUT2D eigenvalue weighted by Crippen LogP contribution is 2.60. The average Bonchev–Trinajstić information content (AvgIpc) is 2.83. The fourth-order valence-corrected chi connectivity index (χ4v) is 7.65. The first kappa shape index (κ1) is 22.8. The number of hydrogen-bond donors (Lipinski definition) is 2. The molecule has 5 fully saturated rings. The summed E-state index contributed by atoms with van der Waals surface area (Å²) in [6.07, 6.45) is 8.99. The van der Waals surface area contributed by atoms with Gasteiger partial charge in [0.2, 0.25) is 11.9 Å². The van der Waals surface area contributed by atoms with Crippen molar-refractivity contribution in [2.24, 2.45) is 17.8 Å². The van der Waals surface area contributed by atoms with E-state index in [4.69, 9.17) is 4.74 Å². The number of benzene rings is 1. The van der Waals surface area contributed by atoms with Crippen LogP contribution in [0.3, 0.4) is 0 Å². The lowest BCUT2D eigenvalue weighted by atomic mass is 9.48. The summed E-state index contributed by atoms with van der Waals surface area (Å²) in [6, 6.07) is 8.60. The Morgan fingerprint density at radius 2 is 1.71 bits per heavy atom. The first-order valence-corrected chi connectivity index (χ1v) is 13.3. The van der Waals surface area contributed by atoms with Crippen LogP contribution in [0.15, 0.2) is 29.1 Å². The zero-order chi connectivity index (χ0) is 24.0. The highest BCUT2D eigenvalue weighted by Gasteiger charge is 2.51. The highest BCUT2D eigenvalue weighted by atomic mass is 16.5. The molecule has 7 heteroatoms. The van der Waals surface area contributed by atoms with Crippen LogP contribution in [0.2, 0.25) is 0 Å². The van der Waals surface area contributed by atoms with Gasteiger partial charge in [-0.2, -0.15) is 0 Å². The SMILES string of the molecule is Cc1nc(N2CCOCC2)[nH]c(=O)c1CCC(=O)Nc1ccc(C23CC4CC(CC(C4)C2)C3)cc1. The molecule has 2 N–H and O–H groups in total. The Morgan fingerprint density at radius 1 is 1.09 bits per heavy atom. The zero-order valence-electron chi connectivity index (χ0n) is 20.6. The van der Waals surface area contributed by atoms with Crippen LogP contribution in [0.5, 0.6) is 0 Å². The molecule has 0 spiro atoms. The van der Waals surface area contributed by atoms with E-state index in [1.165, 1.54) is 44.1 Å². The van der Waals surface area contributed by atoms with Crippen LogP contribution in [0.25, 0.3) is 0 Å². The van der Waals surface area contributed by atoms with Gasteiger partial charge in [0.25, 0.3) is 5.56 Å². The molecule has 2 heterocycles. The standard InChI is InChI=1S/C28H36N4O3/c1-18-24(26(34)31-27(29-18)32-8-10-35-11-9-32)6-7-25(33)30-23-4-2-22(3-5-23)28-15-19-12-20(16-28)14-21(13-19)17-28/h2-5,19-21H,6-17H2,1H3,(H,30,33)(H,29,31,34). The summed E-state index contributed by atoms with van der Waals surface area (Å²) in [7, 11) is 0. The lowest BCUT2D eigenvalue weighted by molar-refractivity contribution is -0.116. The molecule has 4 saturated carbocycles. The van der Waals surface area contributed by atoms with Gasteiger partial charge in [0, 0.05) is 36.5 Å². The number of ether oxygens (including phenoxy) is 1. The smallest absolute Gasteiger partial charge is 0.255 e. The van der Waals surface area contributed by atoms with Crippen LogP contribution in [0.4, 0.5) is 11.6 Å². The van der Waals surface area contributed by atoms with Crippen LogP contribution in [-0.2, 0) is 21.4 Å². The van der Waals surface area contributed by atoms with E-state index >= 15 is 0 Å². The number of aryl methyl sites for hydroxylation is 1. The summed E-state index contributed by atoms with van der Waals surface area (Å²) in [5.74, 6) is 3.27. The number of nitrogens with zero attached hydrogens (tertiary/aromatic N) is 2. The number of aromatic amines is 1. The third-order valence-electron chi connectivity index (χ3n) is 8.94. The number of H-pyrrole nitrogens is 1.